The van der Waals surface area contributed by atoms with E-state index in [4.69, 9.17) is 4.98 Å². The minimum atomic E-state index is 0.0138. The van der Waals surface area contributed by atoms with Gasteiger partial charge < -0.3 is 14.7 Å². The van der Waals surface area contributed by atoms with Crippen LogP contribution in [0.3, 0.4) is 0 Å². The van der Waals surface area contributed by atoms with Crippen molar-refractivity contribution >= 4 is 17.5 Å². The molecule has 2 fully saturated rings. The first-order valence-corrected chi connectivity index (χ1v) is 10.4. The summed E-state index contributed by atoms with van der Waals surface area (Å²) in [5, 5.41) is 0. The van der Waals surface area contributed by atoms with Gasteiger partial charge in [0.1, 0.15) is 0 Å². The van der Waals surface area contributed by atoms with Crippen molar-refractivity contribution < 1.29 is 9.59 Å². The third kappa shape index (κ3) is 4.11. The van der Waals surface area contributed by atoms with Gasteiger partial charge in [0.2, 0.25) is 5.91 Å². The molecule has 0 radical (unpaired) electrons. The lowest BCUT2D eigenvalue weighted by molar-refractivity contribution is -0.129. The zero-order chi connectivity index (χ0) is 20.4. The second-order valence-corrected chi connectivity index (χ2v) is 7.91. The van der Waals surface area contributed by atoms with Gasteiger partial charge in [-0.3, -0.25) is 14.6 Å². The number of nitrogens with zero attached hydrogens (tertiary/aromatic N) is 4. The molecule has 152 valence electrons. The highest BCUT2D eigenvalue weighted by Gasteiger charge is 2.32. The summed E-state index contributed by atoms with van der Waals surface area (Å²) < 4.78 is 0. The average Bonchev–Trinajstić information content (AvgIpc) is 3.23. The number of rotatable bonds is 3. The minimum absolute atomic E-state index is 0.0138. The summed E-state index contributed by atoms with van der Waals surface area (Å²) in [4.78, 5) is 35.6. The van der Waals surface area contributed by atoms with Crippen LogP contribution in [0.5, 0.6) is 0 Å². The topological polar surface area (TPSA) is 56.8 Å². The molecule has 4 rings (SSSR count). The predicted octanol–water partition coefficient (Wildman–Crippen LogP) is 3.04. The number of aromatic nitrogens is 1. The molecule has 2 saturated heterocycles. The first-order chi connectivity index (χ1) is 14.0. The molecule has 6 heteroatoms. The Labute approximate surface area is 172 Å². The third-order valence-corrected chi connectivity index (χ3v) is 5.92. The Morgan fingerprint density at radius 2 is 1.72 bits per heavy atom. The van der Waals surface area contributed by atoms with Crippen LogP contribution in [0.4, 0.5) is 5.69 Å². The summed E-state index contributed by atoms with van der Waals surface area (Å²) >= 11 is 0. The molecule has 2 aliphatic rings. The van der Waals surface area contributed by atoms with E-state index in [-0.39, 0.29) is 17.9 Å². The molecule has 2 aromatic rings. The van der Waals surface area contributed by atoms with E-state index in [1.807, 2.05) is 47.1 Å². The maximum atomic E-state index is 13.1. The zero-order valence-corrected chi connectivity index (χ0v) is 17.2. The Kier molecular flexibility index (Phi) is 5.51. The summed E-state index contributed by atoms with van der Waals surface area (Å²) in [6.45, 7) is 7.53. The van der Waals surface area contributed by atoms with E-state index in [0.29, 0.717) is 0 Å². The van der Waals surface area contributed by atoms with Crippen molar-refractivity contribution in [3.63, 3.8) is 0 Å². The fourth-order valence-corrected chi connectivity index (χ4v) is 4.37. The Morgan fingerprint density at radius 3 is 2.41 bits per heavy atom. The molecule has 0 aliphatic carbocycles. The molecule has 0 bridgehead atoms. The maximum Gasteiger partial charge on any atom is 0.254 e. The fourth-order valence-electron chi connectivity index (χ4n) is 4.37. The second kappa shape index (κ2) is 8.23. The van der Waals surface area contributed by atoms with Crippen molar-refractivity contribution in [1.29, 1.82) is 0 Å². The number of likely N-dealkylation sites (tertiary alicyclic amines) is 1. The van der Waals surface area contributed by atoms with E-state index >= 15 is 0 Å². The van der Waals surface area contributed by atoms with E-state index in [2.05, 4.69) is 17.0 Å². The summed E-state index contributed by atoms with van der Waals surface area (Å²) in [7, 11) is 0. The Bertz CT molecular complexity index is 891. The highest BCUT2D eigenvalue weighted by molar-refractivity contribution is 5.94. The zero-order valence-electron chi connectivity index (χ0n) is 17.2. The van der Waals surface area contributed by atoms with E-state index in [1.165, 1.54) is 0 Å². The van der Waals surface area contributed by atoms with E-state index < -0.39 is 0 Å². The standard InChI is InChI=1S/C23H28N4O2/c1-17-15-20(26-13-11-25(12-14-26)18(2)28)16-21(24-17)22-9-6-10-27(22)23(29)19-7-4-3-5-8-19/h3-5,7-8,15-16,22H,6,9-14H2,1-2H3/t22-/m0/s1. The van der Waals surface area contributed by atoms with Gasteiger partial charge in [0, 0.05) is 56.6 Å². The number of amides is 2. The van der Waals surface area contributed by atoms with Crippen LogP contribution in [-0.4, -0.2) is 59.3 Å². The number of hydrogen-bond donors (Lipinski definition) is 0. The van der Waals surface area contributed by atoms with Crippen molar-refractivity contribution in [1.82, 2.24) is 14.8 Å². The van der Waals surface area contributed by atoms with Crippen LogP contribution in [0, 0.1) is 6.92 Å². The van der Waals surface area contributed by atoms with Crippen molar-refractivity contribution in [2.45, 2.75) is 32.7 Å². The fraction of sp³-hybridized carbons (Fsp3) is 0.435. The SMILES string of the molecule is CC(=O)N1CCN(c2cc(C)nc([C@@H]3CCCN3C(=O)c3ccccc3)c2)CC1. The van der Waals surface area contributed by atoms with E-state index in [0.717, 1.165) is 68.2 Å². The molecule has 1 aromatic heterocycles. The number of benzene rings is 1. The van der Waals surface area contributed by atoms with Crippen molar-refractivity contribution in [3.8, 4) is 0 Å². The molecule has 6 nitrogen and oxygen atoms in total. The van der Waals surface area contributed by atoms with Crippen molar-refractivity contribution in [2.24, 2.45) is 0 Å². The molecular formula is C23H28N4O2. The number of hydrogen-bond acceptors (Lipinski definition) is 4. The van der Waals surface area contributed by atoms with Gasteiger partial charge in [-0.25, -0.2) is 0 Å². The van der Waals surface area contributed by atoms with Crippen LogP contribution in [0.15, 0.2) is 42.5 Å². The van der Waals surface area contributed by atoms with Crippen LogP contribution in [0.1, 0.15) is 47.6 Å². The molecule has 3 heterocycles. The van der Waals surface area contributed by atoms with Gasteiger partial charge in [0.15, 0.2) is 0 Å². The molecule has 2 amide bonds. The Hall–Kier alpha value is -2.89. The van der Waals surface area contributed by atoms with Crippen LogP contribution < -0.4 is 4.90 Å². The molecule has 29 heavy (non-hydrogen) atoms. The van der Waals surface area contributed by atoms with Gasteiger partial charge in [0.25, 0.3) is 5.91 Å². The summed E-state index contributed by atoms with van der Waals surface area (Å²) in [5.41, 5.74) is 3.80. The van der Waals surface area contributed by atoms with Crippen LogP contribution >= 0.6 is 0 Å². The van der Waals surface area contributed by atoms with Crippen LogP contribution in [0.2, 0.25) is 0 Å². The monoisotopic (exact) mass is 392 g/mol. The number of anilines is 1. The number of piperazine rings is 1. The normalized spacial score (nSPS) is 19.5. The van der Waals surface area contributed by atoms with Crippen LogP contribution in [-0.2, 0) is 4.79 Å². The van der Waals surface area contributed by atoms with E-state index in [9.17, 15) is 9.59 Å². The molecule has 0 N–H and O–H groups in total. The highest BCUT2D eigenvalue weighted by Crippen LogP contribution is 2.34. The lowest BCUT2D eigenvalue weighted by atomic mass is 10.1. The summed E-state index contributed by atoms with van der Waals surface area (Å²) in [5.74, 6) is 0.213. The number of carbonyl (C=O) groups is 2. The predicted molar refractivity (Wildman–Crippen MR) is 113 cm³/mol. The number of carbonyl (C=O) groups excluding carboxylic acids is 2. The molecule has 0 unspecified atom stereocenters. The quantitative estimate of drug-likeness (QED) is 0.806. The second-order valence-electron chi connectivity index (χ2n) is 7.91. The molecule has 2 aliphatic heterocycles. The van der Waals surface area contributed by atoms with Gasteiger partial charge >= 0.3 is 0 Å². The van der Waals surface area contributed by atoms with E-state index in [1.54, 1.807) is 6.92 Å². The first kappa shape index (κ1) is 19.4. The van der Waals surface area contributed by atoms with Gasteiger partial charge in [-0.05, 0) is 44.0 Å². The summed E-state index contributed by atoms with van der Waals surface area (Å²) in [6.07, 6.45) is 1.93. The van der Waals surface area contributed by atoms with Crippen LogP contribution in [0.25, 0.3) is 0 Å². The Morgan fingerprint density at radius 1 is 1.00 bits per heavy atom. The van der Waals surface area contributed by atoms with Crippen molar-refractivity contribution in [2.75, 3.05) is 37.6 Å². The third-order valence-electron chi connectivity index (χ3n) is 5.92. The lowest BCUT2D eigenvalue weighted by Crippen LogP contribution is -2.48. The van der Waals surface area contributed by atoms with Gasteiger partial charge in [0.05, 0.1) is 11.7 Å². The molecule has 0 saturated carbocycles. The first-order valence-electron chi connectivity index (χ1n) is 10.4. The van der Waals surface area contributed by atoms with Gasteiger partial charge in [-0.15, -0.1) is 0 Å². The lowest BCUT2D eigenvalue weighted by Gasteiger charge is -2.36. The number of aryl methyl sites for hydroxylation is 1. The highest BCUT2D eigenvalue weighted by atomic mass is 16.2. The molecule has 1 aromatic carbocycles. The summed E-state index contributed by atoms with van der Waals surface area (Å²) in [6, 6.07) is 13.7. The van der Waals surface area contributed by atoms with Gasteiger partial charge in [-0.2, -0.15) is 0 Å². The Balaban J connectivity index is 1.55. The molecule has 0 spiro atoms. The molecule has 1 atom stereocenters. The average molecular weight is 393 g/mol. The maximum absolute atomic E-state index is 13.1. The van der Waals surface area contributed by atoms with Crippen molar-refractivity contribution in [3.05, 3.63) is 59.4 Å². The van der Waals surface area contributed by atoms with Gasteiger partial charge in [-0.1, -0.05) is 18.2 Å². The molecular weight excluding hydrogens is 364 g/mol. The largest absolute Gasteiger partial charge is 0.368 e. The smallest absolute Gasteiger partial charge is 0.254 e. The minimum Gasteiger partial charge on any atom is -0.368 e. The number of pyridine rings is 1.